The van der Waals surface area contributed by atoms with Crippen molar-refractivity contribution in [2.24, 2.45) is 17.8 Å². The number of aliphatic hydroxyl groups excluding tert-OH is 1. The van der Waals surface area contributed by atoms with Crippen molar-refractivity contribution < 1.29 is 24.5 Å². The topological polar surface area (TPSA) is 100 Å². The van der Waals surface area contributed by atoms with Gasteiger partial charge in [0.1, 0.15) is 0 Å². The summed E-state index contributed by atoms with van der Waals surface area (Å²) in [4.78, 5) is 12.2. The minimum absolute atomic E-state index is 0.00392. The molecule has 0 aliphatic carbocycles. The van der Waals surface area contributed by atoms with Crippen molar-refractivity contribution >= 4 is 5.91 Å². The number of allylic oxidation sites excluding steroid dienone is 3. The molecule has 1 saturated heterocycles. The quantitative estimate of drug-likeness (QED) is 0.402. The molecule has 2 rings (SSSR count). The van der Waals surface area contributed by atoms with Gasteiger partial charge in [0.25, 0.3) is 0 Å². The zero-order valence-corrected chi connectivity index (χ0v) is 24.5. The van der Waals surface area contributed by atoms with Crippen molar-refractivity contribution in [1.82, 2.24) is 10.6 Å². The molecule has 2 aliphatic rings. The predicted octanol–water partition coefficient (Wildman–Crippen LogP) is 4.42. The Labute approximate surface area is 230 Å². The normalized spacial score (nSPS) is 38.9. The number of hydrogen-bond donors (Lipinski definition) is 4. The molecule has 7 heteroatoms. The highest BCUT2D eigenvalue weighted by Gasteiger charge is 2.36. The predicted molar refractivity (Wildman–Crippen MR) is 153 cm³/mol. The lowest BCUT2D eigenvalue weighted by molar-refractivity contribution is -0.241. The van der Waals surface area contributed by atoms with Gasteiger partial charge >= 0.3 is 0 Å². The molecule has 9 unspecified atom stereocenters. The maximum Gasteiger partial charge on any atom is 0.243 e. The lowest BCUT2D eigenvalue weighted by atomic mass is 9.84. The SMILES string of the molecule is CNC1C(O)CC(OC2CC=C(C)CC(C)(O)C(C)C=CCCC(C)CNC(=O)C=CC=CC2C)OC1C. The van der Waals surface area contributed by atoms with Gasteiger partial charge in [-0.15, -0.1) is 0 Å². The Kier molecular flexibility index (Phi) is 13.4. The minimum Gasteiger partial charge on any atom is -0.391 e. The second-order valence-electron chi connectivity index (χ2n) is 11.6. The molecule has 2 heterocycles. The number of hydrogen-bond acceptors (Lipinski definition) is 6. The van der Waals surface area contributed by atoms with Crippen LogP contribution in [-0.2, 0) is 14.3 Å². The Hall–Kier alpha value is -1.77. The van der Waals surface area contributed by atoms with E-state index in [9.17, 15) is 15.0 Å². The molecule has 0 saturated carbocycles. The van der Waals surface area contributed by atoms with Crippen molar-refractivity contribution in [2.75, 3.05) is 13.6 Å². The molecule has 7 nitrogen and oxygen atoms in total. The molecule has 4 N–H and O–H groups in total. The molecule has 1 fully saturated rings. The van der Waals surface area contributed by atoms with Gasteiger partial charge in [-0.05, 0) is 59.4 Å². The lowest BCUT2D eigenvalue weighted by Gasteiger charge is -2.39. The van der Waals surface area contributed by atoms with Crippen molar-refractivity contribution in [3.63, 3.8) is 0 Å². The van der Waals surface area contributed by atoms with Crippen molar-refractivity contribution in [1.29, 1.82) is 0 Å². The van der Waals surface area contributed by atoms with E-state index in [1.807, 2.05) is 33.0 Å². The van der Waals surface area contributed by atoms with E-state index in [-0.39, 0.29) is 36.0 Å². The first-order valence-electron chi connectivity index (χ1n) is 14.3. The summed E-state index contributed by atoms with van der Waals surface area (Å²) in [6, 6.07) is -0.134. The Morgan fingerprint density at radius 3 is 2.61 bits per heavy atom. The third-order valence-electron chi connectivity index (χ3n) is 7.93. The van der Waals surface area contributed by atoms with Crippen LogP contribution in [0.1, 0.15) is 73.6 Å². The van der Waals surface area contributed by atoms with Crippen LogP contribution in [-0.4, -0.2) is 66.0 Å². The first-order valence-corrected chi connectivity index (χ1v) is 14.3. The van der Waals surface area contributed by atoms with Crippen LogP contribution in [0.5, 0.6) is 0 Å². The van der Waals surface area contributed by atoms with Gasteiger partial charge in [-0.1, -0.05) is 62.8 Å². The summed E-state index contributed by atoms with van der Waals surface area (Å²) in [5.74, 6) is 0.290. The van der Waals surface area contributed by atoms with Crippen LogP contribution < -0.4 is 10.6 Å². The van der Waals surface area contributed by atoms with E-state index < -0.39 is 18.0 Å². The molecule has 1 amide bonds. The fourth-order valence-corrected chi connectivity index (χ4v) is 5.09. The van der Waals surface area contributed by atoms with Gasteiger partial charge < -0.3 is 30.3 Å². The molecule has 0 aromatic heterocycles. The fraction of sp³-hybridized carbons (Fsp3) is 0.710. The molecule has 216 valence electrons. The highest BCUT2D eigenvalue weighted by Crippen LogP contribution is 2.29. The second-order valence-corrected chi connectivity index (χ2v) is 11.6. The first kappa shape index (κ1) is 32.4. The number of likely N-dealkylation sites (N-methyl/N-ethyl adjacent to an activating group) is 1. The molecule has 9 atom stereocenters. The number of amides is 1. The number of nitrogens with one attached hydrogen (secondary N) is 2. The Morgan fingerprint density at radius 1 is 1.18 bits per heavy atom. The van der Waals surface area contributed by atoms with E-state index in [0.717, 1.165) is 18.4 Å². The van der Waals surface area contributed by atoms with Crippen LogP contribution in [0.2, 0.25) is 0 Å². The number of ether oxygens (including phenoxy) is 2. The first-order chi connectivity index (χ1) is 17.9. The molecule has 0 aromatic carbocycles. The average Bonchev–Trinajstić information content (AvgIpc) is 2.84. The van der Waals surface area contributed by atoms with Gasteiger partial charge in [0.2, 0.25) is 5.91 Å². The summed E-state index contributed by atoms with van der Waals surface area (Å²) < 4.78 is 12.5. The number of carbonyl (C=O) groups is 1. The van der Waals surface area contributed by atoms with E-state index in [1.165, 1.54) is 0 Å². The Bertz CT molecular complexity index is 837. The van der Waals surface area contributed by atoms with E-state index in [1.54, 1.807) is 12.2 Å². The summed E-state index contributed by atoms with van der Waals surface area (Å²) in [5.41, 5.74) is 0.242. The number of carbonyl (C=O) groups excluding carboxylic acids is 1. The maximum atomic E-state index is 12.2. The van der Waals surface area contributed by atoms with Gasteiger partial charge in [0.05, 0.1) is 30.0 Å². The van der Waals surface area contributed by atoms with E-state index in [0.29, 0.717) is 31.7 Å². The van der Waals surface area contributed by atoms with Crippen molar-refractivity contribution in [2.45, 2.75) is 110 Å². The minimum atomic E-state index is -0.863. The number of aliphatic hydroxyl groups is 2. The monoisotopic (exact) mass is 532 g/mol. The smallest absolute Gasteiger partial charge is 0.243 e. The molecular weight excluding hydrogens is 480 g/mol. The highest BCUT2D eigenvalue weighted by molar-refractivity contribution is 5.87. The molecule has 0 radical (unpaired) electrons. The van der Waals surface area contributed by atoms with Gasteiger partial charge in [-0.3, -0.25) is 4.79 Å². The van der Waals surface area contributed by atoms with Gasteiger partial charge in [0.15, 0.2) is 6.29 Å². The fourth-order valence-electron chi connectivity index (χ4n) is 5.09. The standard InChI is InChI=1S/C31H52N2O5/c1-21-16-17-27(38-29-18-26(34)30(32-7)25(5)37-29)23(3)13-9-11-15-28(35)33-20-22(2)12-8-10-14-24(4)31(6,36)19-21/h9-11,13-16,22-27,29-30,32,34,36H,8,12,17-20H2,1-7H3,(H,33,35). The largest absolute Gasteiger partial charge is 0.391 e. The maximum absolute atomic E-state index is 12.2. The van der Waals surface area contributed by atoms with Crippen molar-refractivity contribution in [3.8, 4) is 0 Å². The summed E-state index contributed by atoms with van der Waals surface area (Å²) in [5, 5.41) is 27.9. The van der Waals surface area contributed by atoms with Crippen LogP contribution in [0.25, 0.3) is 0 Å². The van der Waals surface area contributed by atoms with E-state index in [4.69, 9.17) is 9.47 Å². The van der Waals surface area contributed by atoms with Gasteiger partial charge in [0, 0.05) is 30.9 Å². The van der Waals surface area contributed by atoms with Crippen LogP contribution in [0, 0.1) is 17.8 Å². The van der Waals surface area contributed by atoms with Gasteiger partial charge in [-0.2, -0.15) is 0 Å². The summed E-state index contributed by atoms with van der Waals surface area (Å²) in [6.45, 7) is 12.8. The Balaban J connectivity index is 2.23. The molecule has 0 bridgehead atoms. The highest BCUT2D eigenvalue weighted by atomic mass is 16.7. The third kappa shape index (κ3) is 10.8. The second kappa shape index (κ2) is 15.7. The van der Waals surface area contributed by atoms with Gasteiger partial charge in [-0.25, -0.2) is 0 Å². The van der Waals surface area contributed by atoms with Crippen LogP contribution in [0.3, 0.4) is 0 Å². The Morgan fingerprint density at radius 2 is 1.92 bits per heavy atom. The lowest BCUT2D eigenvalue weighted by Crippen LogP contribution is -2.54. The van der Waals surface area contributed by atoms with E-state index in [2.05, 4.69) is 56.6 Å². The summed E-state index contributed by atoms with van der Waals surface area (Å²) in [6.07, 6.45) is 15.6. The summed E-state index contributed by atoms with van der Waals surface area (Å²) in [7, 11) is 1.82. The van der Waals surface area contributed by atoms with Crippen molar-refractivity contribution in [3.05, 3.63) is 48.1 Å². The molecule has 2 aliphatic heterocycles. The molecule has 0 spiro atoms. The number of rotatable bonds is 3. The van der Waals surface area contributed by atoms with Crippen LogP contribution >= 0.6 is 0 Å². The molecular formula is C31H52N2O5. The van der Waals surface area contributed by atoms with E-state index >= 15 is 0 Å². The zero-order valence-electron chi connectivity index (χ0n) is 24.5. The third-order valence-corrected chi connectivity index (χ3v) is 7.93. The zero-order chi connectivity index (χ0) is 28.3. The summed E-state index contributed by atoms with van der Waals surface area (Å²) >= 11 is 0. The average molecular weight is 533 g/mol. The molecule has 38 heavy (non-hydrogen) atoms. The van der Waals surface area contributed by atoms with Crippen LogP contribution in [0.4, 0.5) is 0 Å². The molecule has 0 aromatic rings. The van der Waals surface area contributed by atoms with Crippen LogP contribution in [0.15, 0.2) is 48.1 Å².